The second kappa shape index (κ2) is 8.22. The molecule has 0 N–H and O–H groups in total. The summed E-state index contributed by atoms with van der Waals surface area (Å²) in [6.07, 6.45) is 4.58. The van der Waals surface area contributed by atoms with Gasteiger partial charge in [0.15, 0.2) is 0 Å². The van der Waals surface area contributed by atoms with Crippen molar-refractivity contribution in [3.8, 4) is 0 Å². The molecule has 13 heavy (non-hydrogen) atoms. The van der Waals surface area contributed by atoms with Gasteiger partial charge in [-0.25, -0.2) is 0 Å². The molecule has 0 fully saturated rings. The van der Waals surface area contributed by atoms with Crippen LogP contribution in [0.15, 0.2) is 12.7 Å². The average molecular weight is 307 g/mol. The molecule has 0 amide bonds. The third-order valence-corrected chi connectivity index (χ3v) is 27.8. The van der Waals surface area contributed by atoms with Gasteiger partial charge >= 0.3 is 91.3 Å². The van der Waals surface area contributed by atoms with Crippen molar-refractivity contribution in [2.75, 3.05) is 5.75 Å². The Hall–Kier alpha value is 0.889. The van der Waals surface area contributed by atoms with Crippen molar-refractivity contribution in [2.24, 2.45) is 0 Å². The summed E-state index contributed by atoms with van der Waals surface area (Å²) in [7, 11) is 2.37. The van der Waals surface area contributed by atoms with Gasteiger partial charge in [-0.1, -0.05) is 0 Å². The second-order valence-electron chi connectivity index (χ2n) is 3.52. The van der Waals surface area contributed by atoms with E-state index in [0.717, 1.165) is 0 Å². The number of allylic oxidation sites excluding steroid dienone is 1. The van der Waals surface area contributed by atoms with E-state index in [-0.39, 0.29) is 0 Å². The first kappa shape index (κ1) is 13.9. The van der Waals surface area contributed by atoms with Gasteiger partial charge in [-0.05, 0) is 0 Å². The summed E-state index contributed by atoms with van der Waals surface area (Å²) in [5.41, 5.74) is 0. The maximum absolute atomic E-state index is 3.76. The molecule has 0 aromatic heterocycles. The molecule has 78 valence electrons. The Kier molecular flexibility index (Phi) is 8.78. The molecule has 0 aliphatic heterocycles. The third-order valence-electron chi connectivity index (χ3n) is 2.89. The predicted molar refractivity (Wildman–Crippen MR) is 69.1 cm³/mol. The van der Waals surface area contributed by atoms with E-state index in [9.17, 15) is 0 Å². The number of hydrogen-bond acceptors (Lipinski definition) is 1. The van der Waals surface area contributed by atoms with Crippen molar-refractivity contribution in [2.45, 2.75) is 46.9 Å². The molecule has 0 saturated heterocycles. The Morgan fingerprint density at radius 2 is 1.69 bits per heavy atom. The fourth-order valence-electron chi connectivity index (χ4n) is 1.57. The van der Waals surface area contributed by atoms with Crippen LogP contribution in [-0.4, -0.2) is 22.7 Å². The molecular formula is C11H24SSn. The van der Waals surface area contributed by atoms with Gasteiger partial charge in [0.05, 0.1) is 0 Å². The van der Waals surface area contributed by atoms with E-state index < -0.39 is 17.0 Å². The molecular weight excluding hydrogens is 283 g/mol. The fraction of sp³-hybridized carbons (Fsp3) is 0.818. The first-order valence-electron chi connectivity index (χ1n) is 5.49. The Bertz CT molecular complexity index is 122. The van der Waals surface area contributed by atoms with Crippen LogP contribution in [-0.2, 0) is 0 Å². The maximum atomic E-state index is 3.76. The van der Waals surface area contributed by atoms with Crippen molar-refractivity contribution < 1.29 is 0 Å². The van der Waals surface area contributed by atoms with E-state index in [0.29, 0.717) is 0 Å². The van der Waals surface area contributed by atoms with Crippen LogP contribution in [0.25, 0.3) is 0 Å². The van der Waals surface area contributed by atoms with Gasteiger partial charge < -0.3 is 0 Å². The van der Waals surface area contributed by atoms with Crippen LogP contribution in [0.5, 0.6) is 0 Å². The standard InChI is InChI=1S/C5H10S.3C2H5.Sn/c1-2-3-4-5-6;3*1-2;/h2,6H,1,3-5H2;3*1H2,2H3;/q;;;;+1/p-1. The zero-order chi connectivity index (χ0) is 10.2. The first-order valence-corrected chi connectivity index (χ1v) is 16.0. The molecule has 0 aromatic carbocycles. The number of hydrogen-bond donors (Lipinski definition) is 0. The van der Waals surface area contributed by atoms with Crippen molar-refractivity contribution >= 4 is 25.9 Å². The summed E-state index contributed by atoms with van der Waals surface area (Å²) < 4.78 is 4.54. The van der Waals surface area contributed by atoms with E-state index in [4.69, 9.17) is 0 Å². The molecule has 0 aromatic rings. The van der Waals surface area contributed by atoms with Crippen LogP contribution in [0.4, 0.5) is 0 Å². The molecule has 0 radical (unpaired) electrons. The van der Waals surface area contributed by atoms with E-state index >= 15 is 0 Å². The van der Waals surface area contributed by atoms with Gasteiger partial charge in [0.1, 0.15) is 0 Å². The van der Waals surface area contributed by atoms with Crippen LogP contribution in [0.1, 0.15) is 33.6 Å². The zero-order valence-corrected chi connectivity index (χ0v) is 13.1. The van der Waals surface area contributed by atoms with Crippen LogP contribution < -0.4 is 0 Å². The Morgan fingerprint density at radius 3 is 2.08 bits per heavy atom. The van der Waals surface area contributed by atoms with E-state index in [1.165, 1.54) is 31.9 Å². The van der Waals surface area contributed by atoms with Crippen molar-refractivity contribution in [1.82, 2.24) is 0 Å². The zero-order valence-electron chi connectivity index (χ0n) is 9.44. The molecule has 0 spiro atoms. The normalized spacial score (nSPS) is 11.6. The number of unbranched alkanes of at least 4 members (excludes halogenated alkanes) is 1. The third kappa shape index (κ3) is 5.36. The molecule has 2 heteroatoms. The average Bonchev–Trinajstić information content (AvgIpc) is 2.20. The van der Waals surface area contributed by atoms with Crippen molar-refractivity contribution in [3.05, 3.63) is 12.7 Å². The summed E-state index contributed by atoms with van der Waals surface area (Å²) >= 11 is -1.62. The second-order valence-corrected chi connectivity index (χ2v) is 25.3. The molecule has 0 nitrogen and oxygen atoms in total. The van der Waals surface area contributed by atoms with Gasteiger partial charge in [-0.2, -0.15) is 0 Å². The summed E-state index contributed by atoms with van der Waals surface area (Å²) in [6, 6.07) is 0. The molecule has 0 aliphatic rings. The van der Waals surface area contributed by atoms with Gasteiger partial charge in [0.2, 0.25) is 0 Å². The molecule has 0 heterocycles. The summed E-state index contributed by atoms with van der Waals surface area (Å²) in [5.74, 6) is 1.39. The molecule has 0 bridgehead atoms. The monoisotopic (exact) mass is 308 g/mol. The van der Waals surface area contributed by atoms with Crippen LogP contribution in [0.2, 0.25) is 13.3 Å². The number of rotatable bonds is 8. The van der Waals surface area contributed by atoms with E-state index in [1.54, 1.807) is 0 Å². The quantitative estimate of drug-likeness (QED) is 0.356. The Labute approximate surface area is 90.9 Å². The van der Waals surface area contributed by atoms with Gasteiger partial charge in [-0.15, -0.1) is 0 Å². The van der Waals surface area contributed by atoms with E-state index in [1.807, 2.05) is 6.08 Å². The van der Waals surface area contributed by atoms with Crippen molar-refractivity contribution in [3.63, 3.8) is 0 Å². The van der Waals surface area contributed by atoms with Gasteiger partial charge in [-0.3, -0.25) is 0 Å². The Morgan fingerprint density at radius 1 is 1.15 bits per heavy atom. The summed E-state index contributed by atoms with van der Waals surface area (Å²) in [5, 5.41) is 0. The van der Waals surface area contributed by atoms with Crippen molar-refractivity contribution in [1.29, 1.82) is 0 Å². The van der Waals surface area contributed by atoms with Gasteiger partial charge in [0, 0.05) is 0 Å². The molecule has 0 saturated carbocycles. The minimum absolute atomic E-state index is 1.20. The molecule has 0 rings (SSSR count). The topological polar surface area (TPSA) is 0 Å². The van der Waals surface area contributed by atoms with E-state index in [2.05, 4.69) is 36.3 Å². The molecule has 0 unspecified atom stereocenters. The first-order chi connectivity index (χ1) is 6.24. The SMILES string of the molecule is C=CCCC[S][Sn]([CH2]C)([CH2]C)[CH2]C. The summed E-state index contributed by atoms with van der Waals surface area (Å²) in [4.78, 5) is 0. The molecule has 0 atom stereocenters. The fourth-order valence-corrected chi connectivity index (χ4v) is 17.4. The molecule has 0 aliphatic carbocycles. The van der Waals surface area contributed by atoms with Crippen LogP contribution >= 0.6 is 8.95 Å². The van der Waals surface area contributed by atoms with Crippen LogP contribution in [0.3, 0.4) is 0 Å². The minimum atomic E-state index is -1.62. The van der Waals surface area contributed by atoms with Crippen LogP contribution in [0, 0.1) is 0 Å². The predicted octanol–water partition coefficient (Wildman–Crippen LogP) is 4.69. The Balaban J connectivity index is 3.74. The summed E-state index contributed by atoms with van der Waals surface area (Å²) in [6.45, 7) is 11.0. The van der Waals surface area contributed by atoms with Gasteiger partial charge in [0.25, 0.3) is 0 Å².